The van der Waals surface area contributed by atoms with Crippen LogP contribution < -0.4 is 10.6 Å². The highest BCUT2D eigenvalue weighted by atomic mass is 35.5. The monoisotopic (exact) mass is 284 g/mol. The first-order chi connectivity index (χ1) is 8.75. The Labute approximate surface area is 120 Å². The van der Waals surface area contributed by atoms with Gasteiger partial charge in [0.05, 0.1) is 12.1 Å². The Morgan fingerprint density at radius 2 is 2.16 bits per heavy atom. The lowest BCUT2D eigenvalue weighted by Gasteiger charge is -2.14. The maximum Gasteiger partial charge on any atom is 0.237 e. The third-order valence-corrected chi connectivity index (χ3v) is 3.20. The largest absolute Gasteiger partial charge is 0.391 e. The molecule has 0 saturated carbocycles. The van der Waals surface area contributed by atoms with Crippen LogP contribution in [0.25, 0.3) is 0 Å². The summed E-state index contributed by atoms with van der Waals surface area (Å²) in [5, 5.41) is 15.8. The number of halogens is 1. The van der Waals surface area contributed by atoms with Gasteiger partial charge in [0.2, 0.25) is 5.91 Å². The molecule has 1 aromatic rings. The van der Waals surface area contributed by atoms with Crippen molar-refractivity contribution in [3.8, 4) is 0 Å². The molecule has 0 radical (unpaired) electrons. The average Bonchev–Trinajstić information content (AvgIpc) is 2.91. The second-order valence-corrected chi connectivity index (χ2v) is 4.74. The fourth-order valence-corrected chi connectivity index (χ4v) is 2.21. The van der Waals surface area contributed by atoms with Gasteiger partial charge in [0.15, 0.2) is 0 Å². The predicted octanol–water partition coefficient (Wildman–Crippen LogP) is 0.880. The molecule has 1 amide bonds. The summed E-state index contributed by atoms with van der Waals surface area (Å²) in [5.74, 6) is -0.000360. The van der Waals surface area contributed by atoms with Gasteiger partial charge in [0, 0.05) is 13.0 Å². The molecule has 1 heterocycles. The van der Waals surface area contributed by atoms with Crippen molar-refractivity contribution in [2.75, 3.05) is 13.1 Å². The Kier molecular flexibility index (Phi) is 6.84. The minimum absolute atomic E-state index is 0. The number of carbonyl (C=O) groups excluding carboxylic acids is 1. The van der Waals surface area contributed by atoms with E-state index in [0.717, 1.165) is 24.9 Å². The highest BCUT2D eigenvalue weighted by molar-refractivity contribution is 5.85. The fourth-order valence-electron chi connectivity index (χ4n) is 2.21. The number of aliphatic hydroxyl groups is 1. The van der Waals surface area contributed by atoms with Crippen LogP contribution in [0.5, 0.6) is 0 Å². The molecule has 5 heteroatoms. The zero-order valence-corrected chi connectivity index (χ0v) is 11.7. The van der Waals surface area contributed by atoms with Crippen molar-refractivity contribution in [3.05, 3.63) is 35.9 Å². The van der Waals surface area contributed by atoms with Gasteiger partial charge >= 0.3 is 0 Å². The van der Waals surface area contributed by atoms with Crippen LogP contribution in [0.3, 0.4) is 0 Å². The molecular weight excluding hydrogens is 264 g/mol. The topological polar surface area (TPSA) is 61.4 Å². The molecule has 106 valence electrons. The van der Waals surface area contributed by atoms with Crippen LogP contribution in [0.15, 0.2) is 30.3 Å². The van der Waals surface area contributed by atoms with E-state index < -0.39 is 6.10 Å². The Hall–Kier alpha value is -1.10. The van der Waals surface area contributed by atoms with Gasteiger partial charge in [-0.3, -0.25) is 4.79 Å². The van der Waals surface area contributed by atoms with Crippen LogP contribution in [0.1, 0.15) is 18.4 Å². The molecule has 4 nitrogen and oxygen atoms in total. The van der Waals surface area contributed by atoms with Gasteiger partial charge in [-0.2, -0.15) is 0 Å². The van der Waals surface area contributed by atoms with E-state index in [1.165, 1.54) is 0 Å². The van der Waals surface area contributed by atoms with Crippen molar-refractivity contribution in [3.63, 3.8) is 0 Å². The highest BCUT2D eigenvalue weighted by Crippen LogP contribution is 2.05. The van der Waals surface area contributed by atoms with Crippen molar-refractivity contribution < 1.29 is 9.90 Å². The summed E-state index contributed by atoms with van der Waals surface area (Å²) in [6, 6.07) is 9.72. The first kappa shape index (κ1) is 16.0. The molecule has 0 aromatic heterocycles. The number of benzene rings is 1. The molecule has 2 atom stereocenters. The molecule has 1 aliphatic heterocycles. The predicted molar refractivity (Wildman–Crippen MR) is 77.4 cm³/mol. The van der Waals surface area contributed by atoms with Crippen LogP contribution in [-0.4, -0.2) is 36.2 Å². The van der Waals surface area contributed by atoms with E-state index in [-0.39, 0.29) is 24.4 Å². The molecule has 0 spiro atoms. The Morgan fingerprint density at radius 3 is 2.79 bits per heavy atom. The molecule has 1 aromatic carbocycles. The molecule has 1 fully saturated rings. The number of carbonyl (C=O) groups is 1. The Bertz CT molecular complexity index is 380. The normalized spacial score (nSPS) is 19.5. The minimum atomic E-state index is -0.530. The average molecular weight is 285 g/mol. The zero-order valence-electron chi connectivity index (χ0n) is 10.8. The molecule has 0 bridgehead atoms. The standard InChI is InChI=1S/C14H20N2O2.ClH/c17-12(9-11-5-2-1-3-6-11)10-16-14(18)13-7-4-8-15-13;/h1-3,5-6,12-13,15,17H,4,7-10H2,(H,16,18);1H. The van der Waals surface area contributed by atoms with E-state index >= 15 is 0 Å². The smallest absolute Gasteiger partial charge is 0.237 e. The number of aliphatic hydroxyl groups excluding tert-OH is 1. The quantitative estimate of drug-likeness (QED) is 0.752. The molecule has 2 unspecified atom stereocenters. The SMILES string of the molecule is Cl.O=C(NCC(O)Cc1ccccc1)C1CCCN1. The third kappa shape index (κ3) is 5.19. The first-order valence-corrected chi connectivity index (χ1v) is 6.49. The van der Waals surface area contributed by atoms with E-state index in [1.54, 1.807) is 0 Å². The number of nitrogens with one attached hydrogen (secondary N) is 2. The van der Waals surface area contributed by atoms with E-state index in [4.69, 9.17) is 0 Å². The van der Waals surface area contributed by atoms with Crippen LogP contribution in [0.4, 0.5) is 0 Å². The summed E-state index contributed by atoms with van der Waals surface area (Å²) < 4.78 is 0. The van der Waals surface area contributed by atoms with Gasteiger partial charge in [-0.15, -0.1) is 12.4 Å². The van der Waals surface area contributed by atoms with Gasteiger partial charge in [0.1, 0.15) is 0 Å². The van der Waals surface area contributed by atoms with Gasteiger partial charge in [0.25, 0.3) is 0 Å². The molecule has 3 N–H and O–H groups in total. The van der Waals surface area contributed by atoms with Crippen molar-refractivity contribution >= 4 is 18.3 Å². The zero-order chi connectivity index (χ0) is 12.8. The van der Waals surface area contributed by atoms with E-state index in [1.807, 2.05) is 30.3 Å². The van der Waals surface area contributed by atoms with Gasteiger partial charge < -0.3 is 15.7 Å². The van der Waals surface area contributed by atoms with Crippen LogP contribution in [-0.2, 0) is 11.2 Å². The van der Waals surface area contributed by atoms with Crippen molar-refractivity contribution in [2.45, 2.75) is 31.4 Å². The van der Waals surface area contributed by atoms with Crippen LogP contribution >= 0.6 is 12.4 Å². The molecule has 1 aliphatic rings. The second-order valence-electron chi connectivity index (χ2n) is 4.74. The van der Waals surface area contributed by atoms with Crippen molar-refractivity contribution in [1.29, 1.82) is 0 Å². The summed E-state index contributed by atoms with van der Waals surface area (Å²) in [6.45, 7) is 1.22. The summed E-state index contributed by atoms with van der Waals surface area (Å²) in [5.41, 5.74) is 1.08. The lowest BCUT2D eigenvalue weighted by atomic mass is 10.1. The van der Waals surface area contributed by atoms with E-state index in [2.05, 4.69) is 10.6 Å². The number of hydrogen-bond acceptors (Lipinski definition) is 3. The Balaban J connectivity index is 0.00000180. The molecule has 1 saturated heterocycles. The van der Waals surface area contributed by atoms with Crippen molar-refractivity contribution in [1.82, 2.24) is 10.6 Å². The van der Waals surface area contributed by atoms with Gasteiger partial charge in [-0.05, 0) is 24.9 Å². The molecule has 19 heavy (non-hydrogen) atoms. The van der Waals surface area contributed by atoms with Crippen molar-refractivity contribution in [2.24, 2.45) is 0 Å². The number of rotatable bonds is 5. The highest BCUT2D eigenvalue weighted by Gasteiger charge is 2.22. The lowest BCUT2D eigenvalue weighted by molar-refractivity contribution is -0.123. The maximum atomic E-state index is 11.7. The minimum Gasteiger partial charge on any atom is -0.391 e. The fraction of sp³-hybridized carbons (Fsp3) is 0.500. The maximum absolute atomic E-state index is 11.7. The van der Waals surface area contributed by atoms with Crippen LogP contribution in [0, 0.1) is 0 Å². The molecule has 2 rings (SSSR count). The van der Waals surface area contributed by atoms with E-state index in [9.17, 15) is 9.90 Å². The molecular formula is C14H21ClN2O2. The lowest BCUT2D eigenvalue weighted by Crippen LogP contribution is -2.43. The molecule has 0 aliphatic carbocycles. The number of hydrogen-bond donors (Lipinski definition) is 3. The van der Waals surface area contributed by atoms with Gasteiger partial charge in [-0.25, -0.2) is 0 Å². The first-order valence-electron chi connectivity index (χ1n) is 6.49. The van der Waals surface area contributed by atoms with E-state index in [0.29, 0.717) is 13.0 Å². The third-order valence-electron chi connectivity index (χ3n) is 3.20. The summed E-state index contributed by atoms with van der Waals surface area (Å²) in [7, 11) is 0. The summed E-state index contributed by atoms with van der Waals surface area (Å²) in [4.78, 5) is 11.7. The summed E-state index contributed by atoms with van der Waals surface area (Å²) >= 11 is 0. The van der Waals surface area contributed by atoms with Gasteiger partial charge in [-0.1, -0.05) is 30.3 Å². The number of amides is 1. The van der Waals surface area contributed by atoms with Crippen LogP contribution in [0.2, 0.25) is 0 Å². The summed E-state index contributed by atoms with van der Waals surface area (Å²) in [6.07, 6.45) is 1.97. The second kappa shape index (κ2) is 8.15. The Morgan fingerprint density at radius 1 is 1.42 bits per heavy atom.